The second-order valence-corrected chi connectivity index (χ2v) is 4.18. The van der Waals surface area contributed by atoms with Gasteiger partial charge in [0.1, 0.15) is 6.61 Å². The summed E-state index contributed by atoms with van der Waals surface area (Å²) in [5.74, 6) is 0.330. The first-order chi connectivity index (χ1) is 6.40. The van der Waals surface area contributed by atoms with Crippen LogP contribution < -0.4 is 0 Å². The largest absolute Gasteiger partial charge is 0.467 e. The number of ether oxygens (including phenoxy) is 1. The second kappa shape index (κ2) is 5.99. The predicted molar refractivity (Wildman–Crippen MR) is 50.3 cm³/mol. The molecule has 0 aromatic carbocycles. The first-order valence-electron chi connectivity index (χ1n) is 4.31. The number of carbonyl (C=O) groups is 2. The molecule has 0 bridgehead atoms. The van der Waals surface area contributed by atoms with Crippen LogP contribution in [0.4, 0.5) is 0 Å². The molecule has 4 nitrogen and oxygen atoms in total. The standard InChI is InChI=1S/C8H14O4S/c1-8(2,5-12-6-10)7(11)13-4-3-9/h6,9H,3-5H2,1-2H3/i6D. The van der Waals surface area contributed by atoms with Gasteiger partial charge in [-0.15, -0.1) is 0 Å². The molecule has 0 rings (SSSR count). The van der Waals surface area contributed by atoms with Gasteiger partial charge in [-0.05, 0) is 13.8 Å². The minimum absolute atomic E-state index is 0.0648. The predicted octanol–water partition coefficient (Wildman–Crippen LogP) is 0.438. The van der Waals surface area contributed by atoms with Crippen molar-refractivity contribution in [2.75, 3.05) is 19.0 Å². The topological polar surface area (TPSA) is 63.6 Å². The fourth-order valence-electron chi connectivity index (χ4n) is 0.603. The molecular formula is C8H14O4S. The lowest BCUT2D eigenvalue weighted by atomic mass is 9.97. The van der Waals surface area contributed by atoms with Crippen LogP contribution in [0.1, 0.15) is 15.2 Å². The first-order valence-corrected chi connectivity index (χ1v) is 4.80. The van der Waals surface area contributed by atoms with Crippen molar-refractivity contribution in [3.8, 4) is 0 Å². The van der Waals surface area contributed by atoms with Crippen LogP contribution in [0.15, 0.2) is 0 Å². The highest BCUT2D eigenvalue weighted by atomic mass is 32.2. The number of hydrogen-bond donors (Lipinski definition) is 1. The molecule has 0 aromatic rings. The van der Waals surface area contributed by atoms with Crippen LogP contribution in [0, 0.1) is 5.41 Å². The van der Waals surface area contributed by atoms with Gasteiger partial charge >= 0.3 is 0 Å². The third kappa shape index (κ3) is 4.90. The SMILES string of the molecule is [2H]C(=O)OCC(C)(C)C(=O)SCCO. The van der Waals surface area contributed by atoms with E-state index >= 15 is 0 Å². The molecule has 0 heterocycles. The van der Waals surface area contributed by atoms with Crippen molar-refractivity contribution in [3.63, 3.8) is 0 Å². The van der Waals surface area contributed by atoms with Gasteiger partial charge in [0.25, 0.3) is 6.45 Å². The summed E-state index contributed by atoms with van der Waals surface area (Å²) in [6.07, 6.45) is -1.14. The summed E-state index contributed by atoms with van der Waals surface area (Å²) in [6, 6.07) is 0. The average Bonchev–Trinajstić information content (AvgIpc) is 2.11. The second-order valence-electron chi connectivity index (χ2n) is 3.12. The molecule has 0 radical (unpaired) electrons. The van der Waals surface area contributed by atoms with Crippen molar-refractivity contribution < 1.29 is 20.8 Å². The summed E-state index contributed by atoms with van der Waals surface area (Å²) in [5, 5.41) is 8.35. The van der Waals surface area contributed by atoms with Gasteiger partial charge in [-0.3, -0.25) is 9.59 Å². The number of rotatable bonds is 5. The van der Waals surface area contributed by atoms with Gasteiger partial charge in [-0.25, -0.2) is 0 Å². The lowest BCUT2D eigenvalue weighted by Crippen LogP contribution is -2.27. The highest BCUT2D eigenvalue weighted by Crippen LogP contribution is 2.23. The van der Waals surface area contributed by atoms with Gasteiger partial charge in [0, 0.05) is 5.75 Å². The zero-order valence-electron chi connectivity index (χ0n) is 8.70. The maximum Gasteiger partial charge on any atom is 0.293 e. The molecular weight excluding hydrogens is 192 g/mol. The smallest absolute Gasteiger partial charge is 0.293 e. The van der Waals surface area contributed by atoms with Gasteiger partial charge in [0.05, 0.1) is 12.0 Å². The van der Waals surface area contributed by atoms with Crippen LogP contribution in [0.2, 0.25) is 0 Å². The van der Waals surface area contributed by atoms with Crippen molar-refractivity contribution in [3.05, 3.63) is 0 Å². The molecule has 0 fully saturated rings. The van der Waals surface area contributed by atoms with Crippen LogP contribution in [0.25, 0.3) is 0 Å². The molecule has 0 aliphatic carbocycles. The van der Waals surface area contributed by atoms with E-state index in [2.05, 4.69) is 4.74 Å². The monoisotopic (exact) mass is 207 g/mol. The lowest BCUT2D eigenvalue weighted by molar-refractivity contribution is -0.134. The molecule has 76 valence electrons. The highest BCUT2D eigenvalue weighted by molar-refractivity contribution is 8.13. The Kier molecular flexibility index (Phi) is 4.85. The van der Waals surface area contributed by atoms with Crippen molar-refractivity contribution in [1.82, 2.24) is 0 Å². The Morgan fingerprint density at radius 1 is 1.77 bits per heavy atom. The van der Waals surface area contributed by atoms with E-state index in [4.69, 9.17) is 6.48 Å². The van der Waals surface area contributed by atoms with Gasteiger partial charge in [-0.1, -0.05) is 11.8 Å². The summed E-state index contributed by atoms with van der Waals surface area (Å²) in [4.78, 5) is 21.6. The summed E-state index contributed by atoms with van der Waals surface area (Å²) in [5.41, 5.74) is -0.809. The molecule has 0 amide bonds. The molecule has 0 saturated carbocycles. The number of thioether (sulfide) groups is 1. The van der Waals surface area contributed by atoms with E-state index in [1.54, 1.807) is 13.8 Å². The van der Waals surface area contributed by atoms with Crippen LogP contribution >= 0.6 is 11.8 Å². The van der Waals surface area contributed by atoms with Crippen LogP contribution in [-0.2, 0) is 14.3 Å². The molecule has 5 heteroatoms. The van der Waals surface area contributed by atoms with Crippen molar-refractivity contribution in [1.29, 1.82) is 0 Å². The van der Waals surface area contributed by atoms with E-state index in [-0.39, 0.29) is 18.3 Å². The van der Waals surface area contributed by atoms with E-state index in [0.717, 1.165) is 11.8 Å². The van der Waals surface area contributed by atoms with Crippen molar-refractivity contribution in [2.24, 2.45) is 5.41 Å². The molecule has 0 atom stereocenters. The molecule has 0 aromatic heterocycles. The molecule has 0 aliphatic rings. The van der Waals surface area contributed by atoms with E-state index in [1.807, 2.05) is 0 Å². The third-order valence-electron chi connectivity index (χ3n) is 1.37. The molecule has 1 N–H and O–H groups in total. The Morgan fingerprint density at radius 3 is 2.85 bits per heavy atom. The van der Waals surface area contributed by atoms with Crippen LogP contribution in [-0.4, -0.2) is 35.6 Å². The van der Waals surface area contributed by atoms with Gasteiger partial charge in [0.2, 0.25) is 0 Å². The van der Waals surface area contributed by atoms with E-state index < -0.39 is 11.9 Å². The quantitative estimate of drug-likeness (QED) is 0.663. The van der Waals surface area contributed by atoms with Crippen LogP contribution in [0.3, 0.4) is 0 Å². The number of carbonyl (C=O) groups excluding carboxylic acids is 2. The number of hydrogen-bond acceptors (Lipinski definition) is 5. The third-order valence-corrected chi connectivity index (χ3v) is 2.57. The molecule has 0 saturated heterocycles. The van der Waals surface area contributed by atoms with Crippen molar-refractivity contribution in [2.45, 2.75) is 13.8 Å². The number of aliphatic hydroxyl groups is 1. The van der Waals surface area contributed by atoms with E-state index in [0.29, 0.717) is 5.75 Å². The molecule has 0 unspecified atom stereocenters. The Morgan fingerprint density at radius 2 is 2.38 bits per heavy atom. The number of aliphatic hydroxyl groups excluding tert-OH is 1. The minimum Gasteiger partial charge on any atom is -0.467 e. The Balaban J connectivity index is 4.02. The van der Waals surface area contributed by atoms with Gasteiger partial charge in [0.15, 0.2) is 6.49 Å². The van der Waals surface area contributed by atoms with Crippen LogP contribution in [0.5, 0.6) is 0 Å². The minimum atomic E-state index is -1.14. The summed E-state index contributed by atoms with van der Waals surface area (Å²) >= 11 is 0.994. The molecule has 13 heavy (non-hydrogen) atoms. The van der Waals surface area contributed by atoms with Gasteiger partial charge in [-0.2, -0.15) is 0 Å². The zero-order chi connectivity index (χ0) is 11.2. The fraction of sp³-hybridized carbons (Fsp3) is 0.750. The summed E-state index contributed by atoms with van der Waals surface area (Å²) < 4.78 is 11.0. The Bertz CT molecular complexity index is 217. The van der Waals surface area contributed by atoms with E-state index in [1.165, 1.54) is 0 Å². The summed E-state index contributed by atoms with van der Waals surface area (Å²) in [6.45, 7) is 3.09. The van der Waals surface area contributed by atoms with Gasteiger partial charge < -0.3 is 9.84 Å². The molecule has 0 spiro atoms. The normalized spacial score (nSPS) is 12.1. The Hall–Kier alpha value is -0.550. The molecule has 0 aliphatic heterocycles. The maximum atomic E-state index is 11.4. The summed E-state index contributed by atoms with van der Waals surface area (Å²) in [7, 11) is 0. The van der Waals surface area contributed by atoms with Crippen molar-refractivity contribution >= 4 is 23.3 Å². The lowest BCUT2D eigenvalue weighted by Gasteiger charge is -2.20. The average molecular weight is 207 g/mol. The Labute approximate surface area is 83.1 Å². The van der Waals surface area contributed by atoms with E-state index in [9.17, 15) is 9.59 Å². The maximum absolute atomic E-state index is 11.4. The highest BCUT2D eigenvalue weighted by Gasteiger charge is 2.28. The first kappa shape index (κ1) is 10.5. The zero-order valence-corrected chi connectivity index (χ0v) is 8.52. The fourth-order valence-corrected chi connectivity index (χ4v) is 1.33.